The second kappa shape index (κ2) is 50.0. The fourth-order valence-corrected chi connectivity index (χ4v) is 8.09. The Morgan fingerprint density at radius 1 is 0.414 bits per heavy atom. The van der Waals surface area contributed by atoms with E-state index >= 15 is 0 Å². The van der Waals surface area contributed by atoms with Crippen molar-refractivity contribution in [1.29, 1.82) is 0 Å². The molecule has 0 rings (SSSR count). The SMILES string of the molecule is CCCCCC/C=C\C/C=C\CCCCCCCCCC(=O)NC(CO)C(O)/C=C/CCCCCCCCCCCCCCCCCCCCCCCCCCCC. The van der Waals surface area contributed by atoms with Crippen molar-refractivity contribution in [2.24, 2.45) is 0 Å². The average Bonchev–Trinajstić information content (AvgIpc) is 3.23. The molecule has 0 aliphatic heterocycles. The van der Waals surface area contributed by atoms with Gasteiger partial charge >= 0.3 is 0 Å². The van der Waals surface area contributed by atoms with Gasteiger partial charge in [-0.05, 0) is 51.4 Å². The van der Waals surface area contributed by atoms with E-state index in [1.165, 1.54) is 231 Å². The lowest BCUT2D eigenvalue weighted by Gasteiger charge is -2.20. The van der Waals surface area contributed by atoms with Crippen LogP contribution in [-0.4, -0.2) is 34.9 Å². The maximum absolute atomic E-state index is 12.4. The van der Waals surface area contributed by atoms with Crippen molar-refractivity contribution in [2.75, 3.05) is 6.61 Å². The number of hydrogen-bond donors (Lipinski definition) is 3. The van der Waals surface area contributed by atoms with Crippen LogP contribution in [0.25, 0.3) is 0 Å². The second-order valence-electron chi connectivity index (χ2n) is 17.9. The van der Waals surface area contributed by atoms with Gasteiger partial charge in [-0.3, -0.25) is 4.79 Å². The molecule has 0 bridgehead atoms. The summed E-state index contributed by atoms with van der Waals surface area (Å²) in [5.41, 5.74) is 0. The first-order chi connectivity index (χ1) is 28.7. The molecule has 3 N–H and O–H groups in total. The maximum Gasteiger partial charge on any atom is 0.220 e. The summed E-state index contributed by atoms with van der Waals surface area (Å²) in [5, 5.41) is 23.1. The molecule has 0 aliphatic rings. The Morgan fingerprint density at radius 2 is 0.707 bits per heavy atom. The minimum Gasteiger partial charge on any atom is -0.394 e. The lowest BCUT2D eigenvalue weighted by Crippen LogP contribution is -2.45. The van der Waals surface area contributed by atoms with E-state index in [1.54, 1.807) is 6.08 Å². The zero-order chi connectivity index (χ0) is 42.1. The van der Waals surface area contributed by atoms with Crippen molar-refractivity contribution in [2.45, 2.75) is 296 Å². The molecule has 342 valence electrons. The molecular formula is C54H103NO3. The van der Waals surface area contributed by atoms with Gasteiger partial charge in [-0.15, -0.1) is 0 Å². The third-order valence-electron chi connectivity index (χ3n) is 12.1. The van der Waals surface area contributed by atoms with Crippen LogP contribution in [0.4, 0.5) is 0 Å². The first-order valence-electron chi connectivity index (χ1n) is 26.2. The minimum absolute atomic E-state index is 0.0694. The Labute approximate surface area is 363 Å². The van der Waals surface area contributed by atoms with Gasteiger partial charge < -0.3 is 15.5 Å². The standard InChI is InChI=1S/C54H103NO3/c1-3-5-7-9-11-13-15-17-19-21-23-24-25-26-27-28-29-30-31-32-33-35-37-39-41-43-45-47-49-53(57)52(51-56)55-54(58)50-48-46-44-42-40-38-36-34-22-20-18-16-14-12-10-8-6-4-2/h14,16,20,22,47,49,52-53,56-57H,3-13,15,17-19,21,23-46,48,50-51H2,1-2H3,(H,55,58)/b16-14-,22-20-,49-47+. The van der Waals surface area contributed by atoms with Gasteiger partial charge in [-0.25, -0.2) is 0 Å². The molecule has 0 aromatic heterocycles. The van der Waals surface area contributed by atoms with Crippen LogP contribution in [0.3, 0.4) is 0 Å². The quantitative estimate of drug-likeness (QED) is 0.0423. The largest absolute Gasteiger partial charge is 0.394 e. The summed E-state index contributed by atoms with van der Waals surface area (Å²) in [5.74, 6) is -0.0694. The number of hydrogen-bond acceptors (Lipinski definition) is 3. The molecule has 0 aromatic rings. The van der Waals surface area contributed by atoms with Gasteiger partial charge in [0.25, 0.3) is 0 Å². The molecule has 0 aliphatic carbocycles. The molecular weight excluding hydrogens is 711 g/mol. The van der Waals surface area contributed by atoms with Gasteiger partial charge in [-0.2, -0.15) is 0 Å². The highest BCUT2D eigenvalue weighted by atomic mass is 16.3. The first kappa shape index (κ1) is 56.6. The van der Waals surface area contributed by atoms with Crippen LogP contribution >= 0.6 is 0 Å². The summed E-state index contributed by atoms with van der Waals surface area (Å²) in [7, 11) is 0. The molecule has 58 heavy (non-hydrogen) atoms. The van der Waals surface area contributed by atoms with Crippen molar-refractivity contribution in [3.63, 3.8) is 0 Å². The smallest absolute Gasteiger partial charge is 0.220 e. The van der Waals surface area contributed by atoms with Crippen LogP contribution in [0.15, 0.2) is 36.5 Å². The van der Waals surface area contributed by atoms with Crippen LogP contribution < -0.4 is 5.32 Å². The number of aliphatic hydroxyl groups is 2. The highest BCUT2D eigenvalue weighted by molar-refractivity contribution is 5.76. The monoisotopic (exact) mass is 814 g/mol. The van der Waals surface area contributed by atoms with Gasteiger partial charge in [-0.1, -0.05) is 262 Å². The number of allylic oxidation sites excluding steroid dienone is 5. The Morgan fingerprint density at radius 3 is 1.05 bits per heavy atom. The molecule has 4 heteroatoms. The predicted molar refractivity (Wildman–Crippen MR) is 258 cm³/mol. The Balaban J connectivity index is 3.49. The number of aliphatic hydroxyl groups excluding tert-OH is 2. The molecule has 0 aromatic carbocycles. The first-order valence-corrected chi connectivity index (χ1v) is 26.2. The van der Waals surface area contributed by atoms with Crippen molar-refractivity contribution in [3.8, 4) is 0 Å². The molecule has 0 spiro atoms. The zero-order valence-electron chi connectivity index (χ0n) is 39.3. The third-order valence-corrected chi connectivity index (χ3v) is 12.1. The van der Waals surface area contributed by atoms with E-state index in [9.17, 15) is 15.0 Å². The number of carbonyl (C=O) groups excluding carboxylic acids is 1. The van der Waals surface area contributed by atoms with E-state index in [2.05, 4.69) is 43.5 Å². The fourth-order valence-electron chi connectivity index (χ4n) is 8.09. The molecule has 0 heterocycles. The average molecular weight is 814 g/mol. The van der Waals surface area contributed by atoms with Gasteiger partial charge in [0.05, 0.1) is 18.8 Å². The van der Waals surface area contributed by atoms with Gasteiger partial charge in [0.15, 0.2) is 0 Å². The summed E-state index contributed by atoms with van der Waals surface area (Å²) in [6, 6.07) is -0.627. The molecule has 0 saturated heterocycles. The van der Waals surface area contributed by atoms with E-state index in [0.29, 0.717) is 6.42 Å². The van der Waals surface area contributed by atoms with Crippen LogP contribution in [0.2, 0.25) is 0 Å². The normalized spacial score (nSPS) is 13.1. The molecule has 0 saturated carbocycles. The zero-order valence-corrected chi connectivity index (χ0v) is 39.3. The topological polar surface area (TPSA) is 69.6 Å². The van der Waals surface area contributed by atoms with Gasteiger partial charge in [0.2, 0.25) is 5.91 Å². The van der Waals surface area contributed by atoms with Gasteiger partial charge in [0, 0.05) is 6.42 Å². The minimum atomic E-state index is -0.843. The van der Waals surface area contributed by atoms with Crippen molar-refractivity contribution in [3.05, 3.63) is 36.5 Å². The van der Waals surface area contributed by atoms with Crippen LogP contribution in [0.5, 0.6) is 0 Å². The van der Waals surface area contributed by atoms with E-state index in [4.69, 9.17) is 0 Å². The Hall–Kier alpha value is -1.39. The van der Waals surface area contributed by atoms with Crippen molar-refractivity contribution < 1.29 is 15.0 Å². The number of amides is 1. The summed E-state index contributed by atoms with van der Waals surface area (Å²) in [6.45, 7) is 4.31. The van der Waals surface area contributed by atoms with Crippen LogP contribution in [-0.2, 0) is 4.79 Å². The van der Waals surface area contributed by atoms with E-state index in [1.807, 2.05) is 6.08 Å². The number of rotatable bonds is 48. The lowest BCUT2D eigenvalue weighted by atomic mass is 10.0. The molecule has 1 amide bonds. The van der Waals surface area contributed by atoms with Gasteiger partial charge in [0.1, 0.15) is 0 Å². The van der Waals surface area contributed by atoms with Crippen LogP contribution in [0, 0.1) is 0 Å². The van der Waals surface area contributed by atoms with E-state index < -0.39 is 12.1 Å². The van der Waals surface area contributed by atoms with E-state index in [-0.39, 0.29) is 12.5 Å². The molecule has 4 nitrogen and oxygen atoms in total. The summed E-state index contributed by atoms with van der Waals surface area (Å²) >= 11 is 0. The molecule has 2 unspecified atom stereocenters. The highest BCUT2D eigenvalue weighted by Gasteiger charge is 2.18. The number of nitrogens with one attached hydrogen (secondary N) is 1. The molecule has 0 radical (unpaired) electrons. The highest BCUT2D eigenvalue weighted by Crippen LogP contribution is 2.17. The van der Waals surface area contributed by atoms with Crippen molar-refractivity contribution in [1.82, 2.24) is 5.32 Å². The summed E-state index contributed by atoms with van der Waals surface area (Å²) < 4.78 is 0. The maximum atomic E-state index is 12.4. The third kappa shape index (κ3) is 45.7. The van der Waals surface area contributed by atoms with E-state index in [0.717, 1.165) is 32.1 Å². The number of unbranched alkanes of at least 4 members (excludes halogenated alkanes) is 37. The number of carbonyl (C=O) groups is 1. The second-order valence-corrected chi connectivity index (χ2v) is 17.9. The lowest BCUT2D eigenvalue weighted by molar-refractivity contribution is -0.123. The van der Waals surface area contributed by atoms with Crippen molar-refractivity contribution >= 4 is 5.91 Å². The predicted octanol–water partition coefficient (Wildman–Crippen LogP) is 16.9. The summed E-state index contributed by atoms with van der Waals surface area (Å²) in [6.07, 6.45) is 67.2. The van der Waals surface area contributed by atoms with Crippen LogP contribution in [0.1, 0.15) is 284 Å². The summed E-state index contributed by atoms with van der Waals surface area (Å²) in [4.78, 5) is 12.4. The fraction of sp³-hybridized carbons (Fsp3) is 0.870. The molecule has 2 atom stereocenters. The Kier molecular flexibility index (Phi) is 48.8. The molecule has 0 fully saturated rings. The Bertz CT molecular complexity index is 882.